The van der Waals surface area contributed by atoms with Gasteiger partial charge in [-0.1, -0.05) is 40.9 Å². The van der Waals surface area contributed by atoms with Crippen molar-refractivity contribution in [1.29, 1.82) is 0 Å². The first-order chi connectivity index (χ1) is 10.1. The molecule has 0 aromatic rings. The molecule has 1 amide bonds. The Morgan fingerprint density at radius 2 is 1.91 bits per heavy atom. The highest BCUT2D eigenvalue weighted by atomic mass is 35.6. The van der Waals surface area contributed by atoms with Crippen LogP contribution in [0.3, 0.4) is 0 Å². The number of amides is 1. The van der Waals surface area contributed by atoms with Gasteiger partial charge in [-0.3, -0.25) is 4.79 Å². The molecular formula is C12H18Cl3NO6. The molecule has 128 valence electrons. The molecule has 22 heavy (non-hydrogen) atoms. The van der Waals surface area contributed by atoms with Crippen molar-refractivity contribution in [3.63, 3.8) is 0 Å². The molecule has 7 nitrogen and oxygen atoms in total. The van der Waals surface area contributed by atoms with E-state index in [-0.39, 0.29) is 13.4 Å². The van der Waals surface area contributed by atoms with E-state index in [1.54, 1.807) is 0 Å². The molecule has 0 saturated carbocycles. The SMILES string of the molecule is COCOC[C@H](O)/C=C/[C@@](C)(NC(=O)C(Cl)(Cl)Cl)C(=O)OC. The smallest absolute Gasteiger partial charge is 0.335 e. The monoisotopic (exact) mass is 377 g/mol. The lowest BCUT2D eigenvalue weighted by Crippen LogP contribution is -2.54. The minimum absolute atomic E-state index is 0.00314. The number of aliphatic hydroxyl groups is 1. The van der Waals surface area contributed by atoms with Gasteiger partial charge in [-0.05, 0) is 13.0 Å². The van der Waals surface area contributed by atoms with Crippen LogP contribution in [0.15, 0.2) is 12.2 Å². The molecule has 0 unspecified atom stereocenters. The predicted octanol–water partition coefficient (Wildman–Crippen LogP) is 0.942. The number of esters is 1. The van der Waals surface area contributed by atoms with Gasteiger partial charge in [0, 0.05) is 7.11 Å². The van der Waals surface area contributed by atoms with E-state index in [1.807, 2.05) is 0 Å². The molecule has 0 radical (unpaired) electrons. The van der Waals surface area contributed by atoms with Crippen molar-refractivity contribution < 1.29 is 28.9 Å². The molecule has 0 saturated heterocycles. The van der Waals surface area contributed by atoms with E-state index in [0.29, 0.717) is 0 Å². The number of nitrogens with one attached hydrogen (secondary N) is 1. The summed E-state index contributed by atoms with van der Waals surface area (Å²) in [6.07, 6.45) is 1.42. The molecule has 0 fully saturated rings. The number of aliphatic hydroxyl groups excluding tert-OH is 1. The second-order valence-electron chi connectivity index (χ2n) is 4.35. The molecule has 10 heteroatoms. The van der Waals surface area contributed by atoms with Crippen LogP contribution in [0.4, 0.5) is 0 Å². The molecule has 0 spiro atoms. The van der Waals surface area contributed by atoms with Crippen molar-refractivity contribution in [2.24, 2.45) is 0 Å². The highest BCUT2D eigenvalue weighted by molar-refractivity contribution is 6.76. The van der Waals surface area contributed by atoms with Crippen molar-refractivity contribution in [3.8, 4) is 0 Å². The van der Waals surface area contributed by atoms with E-state index >= 15 is 0 Å². The lowest BCUT2D eigenvalue weighted by Gasteiger charge is -2.26. The van der Waals surface area contributed by atoms with E-state index in [0.717, 1.165) is 7.11 Å². The van der Waals surface area contributed by atoms with Crippen LogP contribution in [0.2, 0.25) is 0 Å². The average molecular weight is 379 g/mol. The highest BCUT2D eigenvalue weighted by Gasteiger charge is 2.40. The van der Waals surface area contributed by atoms with Gasteiger partial charge in [-0.25, -0.2) is 4.79 Å². The summed E-state index contributed by atoms with van der Waals surface area (Å²) in [5.41, 5.74) is -1.63. The van der Waals surface area contributed by atoms with Gasteiger partial charge in [0.05, 0.1) is 19.8 Å². The zero-order chi connectivity index (χ0) is 17.4. The largest absolute Gasteiger partial charge is 0.467 e. The van der Waals surface area contributed by atoms with E-state index < -0.39 is 27.3 Å². The molecule has 0 aliphatic carbocycles. The minimum atomic E-state index is -2.25. The second-order valence-corrected chi connectivity index (χ2v) is 6.63. The molecule has 0 bridgehead atoms. The lowest BCUT2D eigenvalue weighted by molar-refractivity contribution is -0.147. The quantitative estimate of drug-likeness (QED) is 0.215. The Labute approximate surface area is 143 Å². The summed E-state index contributed by atoms with van der Waals surface area (Å²) in [5.74, 6) is -1.82. The van der Waals surface area contributed by atoms with E-state index in [1.165, 1.54) is 26.2 Å². The fourth-order valence-corrected chi connectivity index (χ4v) is 1.43. The molecule has 0 aromatic carbocycles. The Kier molecular flexibility index (Phi) is 9.30. The Morgan fingerprint density at radius 1 is 1.32 bits per heavy atom. The summed E-state index contributed by atoms with van der Waals surface area (Å²) in [4.78, 5) is 23.5. The van der Waals surface area contributed by atoms with Gasteiger partial charge in [-0.15, -0.1) is 0 Å². The van der Waals surface area contributed by atoms with Crippen molar-refractivity contribution in [2.45, 2.75) is 22.4 Å². The Hall–Kier alpha value is -0.570. The third-order valence-electron chi connectivity index (χ3n) is 2.38. The summed E-state index contributed by atoms with van der Waals surface area (Å²) >= 11 is 16.3. The Balaban J connectivity index is 4.97. The maximum atomic E-state index is 11.8. The van der Waals surface area contributed by atoms with Gasteiger partial charge >= 0.3 is 5.97 Å². The van der Waals surface area contributed by atoms with Gasteiger partial charge < -0.3 is 24.6 Å². The average Bonchev–Trinajstić information content (AvgIpc) is 2.43. The first-order valence-corrected chi connectivity index (χ1v) is 7.12. The van der Waals surface area contributed by atoms with Crippen molar-refractivity contribution in [3.05, 3.63) is 12.2 Å². The van der Waals surface area contributed by atoms with Crippen molar-refractivity contribution in [1.82, 2.24) is 5.32 Å². The number of methoxy groups -OCH3 is 2. The molecule has 0 aromatic heterocycles. The molecular weight excluding hydrogens is 360 g/mol. The van der Waals surface area contributed by atoms with Crippen LogP contribution in [-0.2, 0) is 23.8 Å². The minimum Gasteiger partial charge on any atom is -0.467 e. The maximum absolute atomic E-state index is 11.8. The van der Waals surface area contributed by atoms with Gasteiger partial charge in [-0.2, -0.15) is 0 Å². The number of alkyl halides is 3. The fraction of sp³-hybridized carbons (Fsp3) is 0.667. The van der Waals surface area contributed by atoms with E-state index in [2.05, 4.69) is 14.8 Å². The number of carbonyl (C=O) groups is 2. The van der Waals surface area contributed by atoms with Gasteiger partial charge in [0.1, 0.15) is 6.79 Å². The molecule has 0 heterocycles. The molecule has 0 rings (SSSR count). The first kappa shape index (κ1) is 21.4. The van der Waals surface area contributed by atoms with Crippen LogP contribution in [0.25, 0.3) is 0 Å². The van der Waals surface area contributed by atoms with Crippen LogP contribution in [-0.4, -0.2) is 60.0 Å². The fourth-order valence-electron chi connectivity index (χ4n) is 1.29. The normalized spacial score (nSPS) is 16.1. The predicted molar refractivity (Wildman–Crippen MR) is 81.8 cm³/mol. The highest BCUT2D eigenvalue weighted by Crippen LogP contribution is 2.27. The summed E-state index contributed by atoms with van der Waals surface area (Å²) in [6, 6.07) is 0. The van der Waals surface area contributed by atoms with Crippen LogP contribution >= 0.6 is 34.8 Å². The summed E-state index contributed by atoms with van der Waals surface area (Å²) in [6.45, 7) is 1.26. The lowest BCUT2D eigenvalue weighted by atomic mass is 10.0. The molecule has 0 aliphatic rings. The van der Waals surface area contributed by atoms with E-state index in [9.17, 15) is 14.7 Å². The third kappa shape index (κ3) is 7.62. The first-order valence-electron chi connectivity index (χ1n) is 5.98. The number of rotatable bonds is 8. The van der Waals surface area contributed by atoms with Crippen LogP contribution in [0.5, 0.6) is 0 Å². The van der Waals surface area contributed by atoms with Crippen LogP contribution in [0.1, 0.15) is 6.92 Å². The third-order valence-corrected chi connectivity index (χ3v) is 2.90. The van der Waals surface area contributed by atoms with Crippen LogP contribution in [0, 0.1) is 0 Å². The van der Waals surface area contributed by atoms with Gasteiger partial charge in [0.15, 0.2) is 5.54 Å². The molecule has 0 aliphatic heterocycles. The van der Waals surface area contributed by atoms with Crippen molar-refractivity contribution >= 4 is 46.7 Å². The number of hydrogen-bond donors (Lipinski definition) is 2. The standard InChI is InChI=1S/C12H18Cl3NO6/c1-11(10(19)21-3,16-9(18)12(13,14)15)5-4-8(17)6-22-7-20-2/h4-5,8,17H,6-7H2,1-3H3,(H,16,18)/b5-4+/t8-,11-/m1/s1. The Bertz CT molecular complexity index is 412. The zero-order valence-electron chi connectivity index (χ0n) is 12.3. The van der Waals surface area contributed by atoms with E-state index in [4.69, 9.17) is 39.5 Å². The van der Waals surface area contributed by atoms with Gasteiger partial charge in [0.2, 0.25) is 0 Å². The summed E-state index contributed by atoms with van der Waals surface area (Å²) < 4.78 is 11.9. The number of hydrogen-bond acceptors (Lipinski definition) is 6. The summed E-state index contributed by atoms with van der Waals surface area (Å²) in [5, 5.41) is 11.9. The van der Waals surface area contributed by atoms with Gasteiger partial charge in [0.25, 0.3) is 9.70 Å². The topological polar surface area (TPSA) is 94.1 Å². The zero-order valence-corrected chi connectivity index (χ0v) is 14.5. The van der Waals surface area contributed by atoms with Crippen molar-refractivity contribution in [2.75, 3.05) is 27.6 Å². The molecule has 2 N–H and O–H groups in total. The number of carbonyl (C=O) groups excluding carboxylic acids is 2. The summed E-state index contributed by atoms with van der Waals surface area (Å²) in [7, 11) is 2.57. The number of halogens is 3. The maximum Gasteiger partial charge on any atom is 0.335 e. The second kappa shape index (κ2) is 9.54. The van der Waals surface area contributed by atoms with Crippen LogP contribution < -0.4 is 5.32 Å². The number of ether oxygens (including phenoxy) is 3. The Morgan fingerprint density at radius 3 is 2.36 bits per heavy atom. The molecule has 2 atom stereocenters.